The maximum absolute atomic E-state index is 10.3. The SMILES string of the molecule is CC/C=C/CC(C)=O. The normalized spacial score (nSPS) is 10.2. The Hall–Kier alpha value is -0.590. The van der Waals surface area contributed by atoms with Crippen molar-refractivity contribution in [3.63, 3.8) is 0 Å². The fourth-order valence-corrected chi connectivity index (χ4v) is 0.416. The van der Waals surface area contributed by atoms with Gasteiger partial charge in [-0.1, -0.05) is 19.1 Å². The summed E-state index contributed by atoms with van der Waals surface area (Å²) in [4.78, 5) is 10.3. The quantitative estimate of drug-likeness (QED) is 0.510. The molecular formula is C7H12O. The lowest BCUT2D eigenvalue weighted by atomic mass is 10.3. The number of carbonyl (C=O) groups excluding carboxylic acids is 1. The van der Waals surface area contributed by atoms with E-state index in [0.717, 1.165) is 6.42 Å². The van der Waals surface area contributed by atoms with Crippen molar-refractivity contribution in [1.29, 1.82) is 0 Å². The van der Waals surface area contributed by atoms with Gasteiger partial charge in [-0.25, -0.2) is 0 Å². The minimum atomic E-state index is 0.231. The van der Waals surface area contributed by atoms with Crippen LogP contribution in [0.3, 0.4) is 0 Å². The van der Waals surface area contributed by atoms with Gasteiger partial charge in [0.05, 0.1) is 0 Å². The Kier molecular flexibility index (Phi) is 4.23. The number of carbonyl (C=O) groups is 1. The molecule has 0 saturated heterocycles. The summed E-state index contributed by atoms with van der Waals surface area (Å²) in [7, 11) is 0. The van der Waals surface area contributed by atoms with E-state index in [1.165, 1.54) is 0 Å². The van der Waals surface area contributed by atoms with Gasteiger partial charge in [-0.2, -0.15) is 0 Å². The zero-order chi connectivity index (χ0) is 6.41. The van der Waals surface area contributed by atoms with Crippen LogP contribution in [0.15, 0.2) is 12.2 Å². The zero-order valence-electron chi connectivity index (χ0n) is 5.48. The van der Waals surface area contributed by atoms with Gasteiger partial charge in [0.2, 0.25) is 0 Å². The third-order valence-electron chi connectivity index (χ3n) is 0.808. The van der Waals surface area contributed by atoms with Gasteiger partial charge in [-0.15, -0.1) is 0 Å². The maximum Gasteiger partial charge on any atom is 0.133 e. The first-order valence-electron chi connectivity index (χ1n) is 2.91. The molecule has 0 atom stereocenters. The van der Waals surface area contributed by atoms with Gasteiger partial charge in [0.25, 0.3) is 0 Å². The Morgan fingerprint density at radius 2 is 2.12 bits per heavy atom. The van der Waals surface area contributed by atoms with Crippen molar-refractivity contribution in [2.45, 2.75) is 26.7 Å². The first kappa shape index (κ1) is 7.41. The van der Waals surface area contributed by atoms with Gasteiger partial charge >= 0.3 is 0 Å². The van der Waals surface area contributed by atoms with Crippen LogP contribution >= 0.6 is 0 Å². The molecule has 8 heavy (non-hydrogen) atoms. The first-order valence-corrected chi connectivity index (χ1v) is 2.91. The highest BCUT2D eigenvalue weighted by Crippen LogP contribution is 1.85. The van der Waals surface area contributed by atoms with Crippen LogP contribution in [0.4, 0.5) is 0 Å². The number of rotatable bonds is 3. The Morgan fingerprint density at radius 3 is 2.50 bits per heavy atom. The van der Waals surface area contributed by atoms with Gasteiger partial charge in [-0.3, -0.25) is 4.79 Å². The molecule has 1 heteroatoms. The van der Waals surface area contributed by atoms with E-state index in [0.29, 0.717) is 6.42 Å². The molecule has 0 aliphatic rings. The number of allylic oxidation sites excluding steroid dienone is 2. The Balaban J connectivity index is 3.16. The van der Waals surface area contributed by atoms with Crippen molar-refractivity contribution in [2.24, 2.45) is 0 Å². The zero-order valence-corrected chi connectivity index (χ0v) is 5.48. The van der Waals surface area contributed by atoms with Crippen LogP contribution in [0.1, 0.15) is 26.7 Å². The summed E-state index contributed by atoms with van der Waals surface area (Å²) in [5.74, 6) is 0.231. The van der Waals surface area contributed by atoms with Crippen molar-refractivity contribution >= 4 is 5.78 Å². The lowest BCUT2D eigenvalue weighted by molar-refractivity contribution is -0.116. The fraction of sp³-hybridized carbons (Fsp3) is 0.571. The van der Waals surface area contributed by atoms with Gasteiger partial charge in [-0.05, 0) is 13.3 Å². The topological polar surface area (TPSA) is 17.1 Å². The molecule has 0 radical (unpaired) electrons. The molecule has 0 aromatic rings. The largest absolute Gasteiger partial charge is 0.300 e. The van der Waals surface area contributed by atoms with Gasteiger partial charge in [0, 0.05) is 6.42 Å². The molecule has 0 N–H and O–H groups in total. The number of Topliss-reactive ketones (excluding diaryl/α,β-unsaturated/α-hetero) is 1. The number of hydrogen-bond donors (Lipinski definition) is 0. The van der Waals surface area contributed by atoms with Crippen molar-refractivity contribution in [2.75, 3.05) is 0 Å². The molecule has 0 bridgehead atoms. The monoisotopic (exact) mass is 112 g/mol. The van der Waals surface area contributed by atoms with E-state index in [1.54, 1.807) is 6.92 Å². The first-order chi connectivity index (χ1) is 3.77. The second kappa shape index (κ2) is 4.57. The minimum absolute atomic E-state index is 0.231. The van der Waals surface area contributed by atoms with E-state index in [1.807, 2.05) is 12.2 Å². The van der Waals surface area contributed by atoms with Gasteiger partial charge < -0.3 is 0 Å². The lowest BCUT2D eigenvalue weighted by Gasteiger charge is -1.80. The van der Waals surface area contributed by atoms with Crippen molar-refractivity contribution in [1.82, 2.24) is 0 Å². The third-order valence-corrected chi connectivity index (χ3v) is 0.808. The van der Waals surface area contributed by atoms with Crippen LogP contribution in [0, 0.1) is 0 Å². The molecule has 0 rings (SSSR count). The molecule has 0 unspecified atom stereocenters. The van der Waals surface area contributed by atoms with E-state index in [-0.39, 0.29) is 5.78 Å². The molecule has 0 spiro atoms. The molecule has 0 aromatic heterocycles. The van der Waals surface area contributed by atoms with Gasteiger partial charge in [0.15, 0.2) is 0 Å². The molecule has 0 fully saturated rings. The van der Waals surface area contributed by atoms with Crippen LogP contribution in [-0.2, 0) is 4.79 Å². The average Bonchev–Trinajstić information content (AvgIpc) is 1.66. The highest BCUT2D eigenvalue weighted by Gasteiger charge is 1.82. The van der Waals surface area contributed by atoms with E-state index >= 15 is 0 Å². The third kappa shape index (κ3) is 5.41. The predicted molar refractivity (Wildman–Crippen MR) is 34.7 cm³/mol. The molecule has 1 nitrogen and oxygen atoms in total. The minimum Gasteiger partial charge on any atom is -0.300 e. The number of ketones is 1. The highest BCUT2D eigenvalue weighted by molar-refractivity contribution is 5.76. The molecule has 0 amide bonds. The van der Waals surface area contributed by atoms with Crippen molar-refractivity contribution < 1.29 is 4.79 Å². The summed E-state index contributed by atoms with van der Waals surface area (Å²) in [5, 5.41) is 0. The molecular weight excluding hydrogens is 100 g/mol. The van der Waals surface area contributed by atoms with E-state index < -0.39 is 0 Å². The molecule has 0 aliphatic carbocycles. The maximum atomic E-state index is 10.3. The summed E-state index contributed by atoms with van der Waals surface area (Å²) in [6, 6.07) is 0. The molecule has 0 aliphatic heterocycles. The standard InChI is InChI=1S/C7H12O/c1-3-4-5-6-7(2)8/h4-5H,3,6H2,1-2H3/b5-4+. The van der Waals surface area contributed by atoms with Crippen LogP contribution in [0.25, 0.3) is 0 Å². The van der Waals surface area contributed by atoms with E-state index in [2.05, 4.69) is 6.92 Å². The summed E-state index contributed by atoms with van der Waals surface area (Å²) in [5.41, 5.74) is 0. The van der Waals surface area contributed by atoms with Crippen molar-refractivity contribution in [3.05, 3.63) is 12.2 Å². The van der Waals surface area contributed by atoms with E-state index in [9.17, 15) is 4.79 Å². The summed E-state index contributed by atoms with van der Waals surface area (Å²) >= 11 is 0. The van der Waals surface area contributed by atoms with E-state index in [4.69, 9.17) is 0 Å². The molecule has 0 heterocycles. The molecule has 0 aromatic carbocycles. The van der Waals surface area contributed by atoms with Crippen LogP contribution < -0.4 is 0 Å². The van der Waals surface area contributed by atoms with Crippen LogP contribution in [0.5, 0.6) is 0 Å². The van der Waals surface area contributed by atoms with Crippen molar-refractivity contribution in [3.8, 4) is 0 Å². The summed E-state index contributed by atoms with van der Waals surface area (Å²) < 4.78 is 0. The average molecular weight is 112 g/mol. The Labute approximate surface area is 50.4 Å². The second-order valence-electron chi connectivity index (χ2n) is 1.79. The fourth-order valence-electron chi connectivity index (χ4n) is 0.416. The van der Waals surface area contributed by atoms with Crippen LogP contribution in [0.2, 0.25) is 0 Å². The summed E-state index contributed by atoms with van der Waals surface area (Å²) in [6.45, 7) is 3.65. The lowest BCUT2D eigenvalue weighted by Crippen LogP contribution is -1.83. The molecule has 0 saturated carbocycles. The highest BCUT2D eigenvalue weighted by atomic mass is 16.1. The molecule has 46 valence electrons. The smallest absolute Gasteiger partial charge is 0.133 e. The summed E-state index contributed by atoms with van der Waals surface area (Å²) in [6.07, 6.45) is 5.52. The van der Waals surface area contributed by atoms with Gasteiger partial charge in [0.1, 0.15) is 5.78 Å². The predicted octanol–water partition coefficient (Wildman–Crippen LogP) is 1.93. The van der Waals surface area contributed by atoms with Crippen LogP contribution in [-0.4, -0.2) is 5.78 Å². The Bertz CT molecular complexity index is 92.6. The number of hydrogen-bond acceptors (Lipinski definition) is 1. The second-order valence-corrected chi connectivity index (χ2v) is 1.79. The Morgan fingerprint density at radius 1 is 1.50 bits per heavy atom.